The zero-order valence-corrected chi connectivity index (χ0v) is 14.2. The van der Waals surface area contributed by atoms with Crippen LogP contribution in [0.3, 0.4) is 0 Å². The molecule has 0 saturated carbocycles. The van der Waals surface area contributed by atoms with Gasteiger partial charge in [0.1, 0.15) is 5.82 Å². The van der Waals surface area contributed by atoms with Crippen LogP contribution in [0, 0.1) is 5.82 Å². The molecule has 9 heteroatoms. The highest BCUT2D eigenvalue weighted by Crippen LogP contribution is 2.36. The molecule has 1 aromatic rings. The van der Waals surface area contributed by atoms with Crippen LogP contribution in [-0.4, -0.2) is 75.8 Å². The third-order valence-electron chi connectivity index (χ3n) is 4.35. The lowest BCUT2D eigenvalue weighted by atomic mass is 10.1. The van der Waals surface area contributed by atoms with Gasteiger partial charge in [0.05, 0.1) is 19.8 Å². The molecule has 0 spiro atoms. The minimum Gasteiger partial charge on any atom is -0.615 e. The molecule has 1 aromatic carbocycles. The van der Waals surface area contributed by atoms with Gasteiger partial charge in [-0.25, -0.2) is 4.39 Å². The molecule has 2 aliphatic rings. The Morgan fingerprint density at radius 2 is 2.00 bits per heavy atom. The van der Waals surface area contributed by atoms with Gasteiger partial charge in [-0.05, 0) is 35.4 Å². The van der Waals surface area contributed by atoms with Crippen molar-refractivity contribution in [2.75, 3.05) is 32.9 Å². The maximum Gasteiger partial charge on any atom is 0.252 e. The molecule has 0 aliphatic carbocycles. The first-order valence-corrected chi connectivity index (χ1v) is 9.23. The SMILES string of the molecule is O=C(N[C@H](C(=O)N1CCOCC1)[C@@H]1C(CO)[S+]1[O-])c1ccc(F)cc1. The zero-order chi connectivity index (χ0) is 18.0. The van der Waals surface area contributed by atoms with Gasteiger partial charge in [-0.15, -0.1) is 0 Å². The van der Waals surface area contributed by atoms with Crippen molar-refractivity contribution in [1.82, 2.24) is 10.2 Å². The van der Waals surface area contributed by atoms with Gasteiger partial charge in [0.25, 0.3) is 11.8 Å². The number of hydrogen-bond acceptors (Lipinski definition) is 5. The van der Waals surface area contributed by atoms with Gasteiger partial charge in [-0.3, -0.25) is 9.59 Å². The van der Waals surface area contributed by atoms with Crippen LogP contribution >= 0.6 is 0 Å². The number of rotatable bonds is 5. The van der Waals surface area contributed by atoms with Crippen LogP contribution < -0.4 is 5.32 Å². The first kappa shape index (κ1) is 18.1. The first-order chi connectivity index (χ1) is 12.0. The van der Waals surface area contributed by atoms with Gasteiger partial charge in [0.15, 0.2) is 16.5 Å². The topological polar surface area (TPSA) is 102 Å². The summed E-state index contributed by atoms with van der Waals surface area (Å²) < 4.78 is 30.2. The van der Waals surface area contributed by atoms with Gasteiger partial charge < -0.3 is 24.6 Å². The van der Waals surface area contributed by atoms with Crippen molar-refractivity contribution in [2.45, 2.75) is 16.5 Å². The third-order valence-corrected chi connectivity index (χ3v) is 6.21. The molecular weight excluding hydrogens is 351 g/mol. The van der Waals surface area contributed by atoms with Crippen molar-refractivity contribution in [3.8, 4) is 0 Å². The van der Waals surface area contributed by atoms with E-state index in [1.807, 2.05) is 0 Å². The fraction of sp³-hybridized carbons (Fsp3) is 0.500. The van der Waals surface area contributed by atoms with Crippen LogP contribution in [0.25, 0.3) is 0 Å². The smallest absolute Gasteiger partial charge is 0.252 e. The van der Waals surface area contributed by atoms with Gasteiger partial charge in [-0.2, -0.15) is 0 Å². The minimum absolute atomic E-state index is 0.202. The van der Waals surface area contributed by atoms with Crippen LogP contribution in [0.15, 0.2) is 24.3 Å². The normalized spacial score (nSPS) is 26.8. The summed E-state index contributed by atoms with van der Waals surface area (Å²) in [5.74, 6) is -1.36. The molecule has 0 aromatic heterocycles. The molecule has 2 amide bonds. The lowest BCUT2D eigenvalue weighted by Crippen LogP contribution is -2.54. The molecule has 0 radical (unpaired) electrons. The molecule has 25 heavy (non-hydrogen) atoms. The number of aliphatic hydroxyl groups excluding tert-OH is 1. The summed E-state index contributed by atoms with van der Waals surface area (Å²) in [6.45, 7) is 1.29. The van der Waals surface area contributed by atoms with Crippen LogP contribution in [-0.2, 0) is 20.7 Å². The lowest BCUT2D eigenvalue weighted by molar-refractivity contribution is -0.137. The second kappa shape index (κ2) is 7.69. The van der Waals surface area contributed by atoms with Crippen LogP contribution in [0.1, 0.15) is 10.4 Å². The Morgan fingerprint density at radius 3 is 2.56 bits per heavy atom. The van der Waals surface area contributed by atoms with E-state index in [-0.39, 0.29) is 18.1 Å². The van der Waals surface area contributed by atoms with E-state index in [1.165, 1.54) is 12.1 Å². The van der Waals surface area contributed by atoms with Crippen molar-refractivity contribution in [1.29, 1.82) is 0 Å². The standard InChI is InChI=1S/C16H19FN2O5S/c17-11-3-1-10(2-4-11)15(21)18-13(14-12(9-20)25(14)23)16(22)19-5-7-24-8-6-19/h1-4,12-14,20H,5-9H2,(H,18,21)/t12?,13-,14-,25?/m0/s1. The van der Waals surface area contributed by atoms with Gasteiger partial charge in [-0.1, -0.05) is 0 Å². The number of carbonyl (C=O) groups excluding carboxylic acids is 2. The largest absolute Gasteiger partial charge is 0.615 e. The van der Waals surface area contributed by atoms with Crippen molar-refractivity contribution in [2.24, 2.45) is 0 Å². The molecule has 136 valence electrons. The maximum absolute atomic E-state index is 13.0. The summed E-state index contributed by atoms with van der Waals surface area (Å²) in [5, 5.41) is 10.7. The summed E-state index contributed by atoms with van der Waals surface area (Å²) in [6.07, 6.45) is 0. The quantitative estimate of drug-likeness (QED) is 0.526. The van der Waals surface area contributed by atoms with Gasteiger partial charge in [0.2, 0.25) is 0 Å². The number of nitrogens with zero attached hydrogens (tertiary/aromatic N) is 1. The summed E-state index contributed by atoms with van der Waals surface area (Å²) in [5.41, 5.74) is 0.202. The van der Waals surface area contributed by atoms with Crippen molar-refractivity contribution in [3.05, 3.63) is 35.6 Å². The molecule has 2 saturated heterocycles. The molecule has 3 rings (SSSR count). The molecule has 0 bridgehead atoms. The summed E-state index contributed by atoms with van der Waals surface area (Å²) in [7, 11) is 0. The Labute approximate surface area is 147 Å². The van der Waals surface area contributed by atoms with E-state index in [2.05, 4.69) is 5.32 Å². The molecule has 2 unspecified atom stereocenters. The Hall–Kier alpha value is -1.68. The second-order valence-electron chi connectivity index (χ2n) is 5.91. The number of amides is 2. The molecule has 4 atom stereocenters. The van der Waals surface area contributed by atoms with Crippen molar-refractivity contribution < 1.29 is 28.4 Å². The number of morpholine rings is 1. The highest BCUT2D eigenvalue weighted by molar-refractivity contribution is 8.00. The van der Waals surface area contributed by atoms with Gasteiger partial charge in [0, 0.05) is 18.7 Å². The van der Waals surface area contributed by atoms with Crippen LogP contribution in [0.4, 0.5) is 4.39 Å². The Bertz CT molecular complexity index is 638. The molecular formula is C16H19FN2O5S. The van der Waals surface area contributed by atoms with E-state index in [1.54, 1.807) is 4.90 Å². The maximum atomic E-state index is 13.0. The average molecular weight is 370 g/mol. The molecule has 7 nitrogen and oxygen atoms in total. The van der Waals surface area contributed by atoms with Gasteiger partial charge >= 0.3 is 0 Å². The Balaban J connectivity index is 1.75. The molecule has 2 heterocycles. The Kier molecular flexibility index (Phi) is 5.57. The van der Waals surface area contributed by atoms with Crippen molar-refractivity contribution in [3.63, 3.8) is 0 Å². The van der Waals surface area contributed by atoms with E-state index in [0.717, 1.165) is 12.1 Å². The minimum atomic E-state index is -1.37. The number of nitrogens with one attached hydrogen (secondary N) is 1. The first-order valence-electron chi connectivity index (χ1n) is 7.96. The predicted molar refractivity (Wildman–Crippen MR) is 87.9 cm³/mol. The number of carbonyl (C=O) groups is 2. The summed E-state index contributed by atoms with van der Waals surface area (Å²) in [6, 6.07) is 3.94. The fourth-order valence-corrected chi connectivity index (χ4v) is 4.35. The van der Waals surface area contributed by atoms with Crippen LogP contribution in [0.5, 0.6) is 0 Å². The number of aliphatic hydroxyl groups is 1. The third kappa shape index (κ3) is 3.95. The Morgan fingerprint density at radius 1 is 1.36 bits per heavy atom. The van der Waals surface area contributed by atoms with E-state index in [4.69, 9.17) is 4.74 Å². The number of halogens is 1. The van der Waals surface area contributed by atoms with Crippen LogP contribution in [0.2, 0.25) is 0 Å². The number of benzene rings is 1. The van der Waals surface area contributed by atoms with E-state index in [9.17, 15) is 23.6 Å². The molecule has 2 aliphatic heterocycles. The number of hydrogen-bond donors (Lipinski definition) is 2. The zero-order valence-electron chi connectivity index (χ0n) is 13.4. The monoisotopic (exact) mass is 370 g/mol. The highest BCUT2D eigenvalue weighted by atomic mass is 32.2. The lowest BCUT2D eigenvalue weighted by Gasteiger charge is -2.29. The predicted octanol–water partition coefficient (Wildman–Crippen LogP) is -0.725. The highest BCUT2D eigenvalue weighted by Gasteiger charge is 2.63. The average Bonchev–Trinajstić information content (AvgIpc) is 3.29. The van der Waals surface area contributed by atoms with E-state index < -0.39 is 39.4 Å². The van der Waals surface area contributed by atoms with E-state index >= 15 is 0 Å². The van der Waals surface area contributed by atoms with E-state index in [0.29, 0.717) is 26.3 Å². The summed E-state index contributed by atoms with van der Waals surface area (Å²) in [4.78, 5) is 26.7. The molecule has 2 fully saturated rings. The second-order valence-corrected chi connectivity index (χ2v) is 7.72. The number of ether oxygens (including phenoxy) is 1. The molecule has 2 N–H and O–H groups in total. The van der Waals surface area contributed by atoms with Crippen molar-refractivity contribution >= 4 is 23.0 Å². The fourth-order valence-electron chi connectivity index (χ4n) is 2.87. The summed E-state index contributed by atoms with van der Waals surface area (Å²) >= 11 is -1.37.